The molecule has 0 aliphatic carbocycles. The molecule has 0 aromatic rings. The molecule has 0 bridgehead atoms. The predicted molar refractivity (Wildman–Crippen MR) is 90.7 cm³/mol. The minimum absolute atomic E-state index is 0.157. The van der Waals surface area contributed by atoms with Crippen molar-refractivity contribution in [1.29, 1.82) is 0 Å². The zero-order chi connectivity index (χ0) is 15.4. The molecule has 0 saturated heterocycles. The van der Waals surface area contributed by atoms with E-state index in [1.54, 1.807) is 0 Å². The Bertz CT molecular complexity index is 264. The van der Waals surface area contributed by atoms with E-state index in [9.17, 15) is 4.79 Å². The Hall–Kier alpha value is -0.413. The first kappa shape index (κ1) is 19.6. The van der Waals surface area contributed by atoms with Gasteiger partial charge in [0.05, 0.1) is 0 Å². The van der Waals surface area contributed by atoms with Gasteiger partial charge in [-0.3, -0.25) is 4.79 Å². The second-order valence-electron chi connectivity index (χ2n) is 5.69. The Morgan fingerprint density at radius 2 is 1.65 bits per heavy atom. The highest BCUT2D eigenvalue weighted by Gasteiger charge is 2.31. The van der Waals surface area contributed by atoms with E-state index in [1.807, 2.05) is 0 Å². The molecule has 1 unspecified atom stereocenters. The second-order valence-corrected chi connectivity index (χ2v) is 10.4. The van der Waals surface area contributed by atoms with E-state index < -0.39 is 8.32 Å². The summed E-state index contributed by atoms with van der Waals surface area (Å²) in [5.41, 5.74) is 0. The minimum atomic E-state index is -1.52. The molecule has 0 heterocycles. The van der Waals surface area contributed by atoms with Crippen molar-refractivity contribution in [3.05, 3.63) is 12.7 Å². The average Bonchev–Trinajstić information content (AvgIpc) is 2.49. The van der Waals surface area contributed by atoms with Gasteiger partial charge in [-0.1, -0.05) is 47.1 Å². The van der Waals surface area contributed by atoms with Crippen LogP contribution in [0.5, 0.6) is 0 Å². The van der Waals surface area contributed by atoms with E-state index in [1.165, 1.54) is 37.0 Å². The number of hydrogen-bond acceptors (Lipinski definition) is 2. The number of carbonyl (C=O) groups excluding carboxylic acids is 1. The summed E-state index contributed by atoms with van der Waals surface area (Å²) in [6, 6.07) is 3.61. The standard InChI is InChI=1S/C17H34O2Si/c1-6-11-14-17(15-12-13-16(18)7-2)19-20(8-3,9-4)10-5/h7,17H,2,6,8-15H2,1,3-5H3. The van der Waals surface area contributed by atoms with Crippen LogP contribution in [0.2, 0.25) is 18.1 Å². The van der Waals surface area contributed by atoms with Crippen LogP contribution in [0.25, 0.3) is 0 Å². The van der Waals surface area contributed by atoms with Crippen LogP contribution in [0, 0.1) is 0 Å². The van der Waals surface area contributed by atoms with E-state index >= 15 is 0 Å². The number of rotatable bonds is 13. The van der Waals surface area contributed by atoms with Crippen LogP contribution in [-0.4, -0.2) is 20.2 Å². The lowest BCUT2D eigenvalue weighted by Gasteiger charge is -2.33. The molecular formula is C17H34O2Si. The fourth-order valence-electron chi connectivity index (χ4n) is 2.65. The van der Waals surface area contributed by atoms with Gasteiger partial charge in [-0.05, 0) is 43.5 Å². The fraction of sp³-hybridized carbons (Fsp3) is 0.824. The molecule has 1 atom stereocenters. The van der Waals surface area contributed by atoms with Gasteiger partial charge in [0.15, 0.2) is 14.1 Å². The summed E-state index contributed by atoms with van der Waals surface area (Å²) < 4.78 is 6.61. The van der Waals surface area contributed by atoms with Crippen molar-refractivity contribution in [3.63, 3.8) is 0 Å². The van der Waals surface area contributed by atoms with Crippen molar-refractivity contribution in [2.75, 3.05) is 0 Å². The topological polar surface area (TPSA) is 26.3 Å². The largest absolute Gasteiger partial charge is 0.414 e. The van der Waals surface area contributed by atoms with Gasteiger partial charge >= 0.3 is 0 Å². The van der Waals surface area contributed by atoms with Crippen LogP contribution >= 0.6 is 0 Å². The van der Waals surface area contributed by atoms with E-state index in [0.29, 0.717) is 12.5 Å². The highest BCUT2D eigenvalue weighted by Crippen LogP contribution is 2.27. The van der Waals surface area contributed by atoms with Gasteiger partial charge < -0.3 is 4.43 Å². The van der Waals surface area contributed by atoms with Crippen LogP contribution < -0.4 is 0 Å². The Kier molecular flexibility index (Phi) is 11.0. The Balaban J connectivity index is 4.45. The predicted octanol–water partition coefficient (Wildman–Crippen LogP) is 5.49. The molecule has 0 spiro atoms. The van der Waals surface area contributed by atoms with Gasteiger partial charge in [-0.25, -0.2) is 0 Å². The lowest BCUT2D eigenvalue weighted by molar-refractivity contribution is -0.114. The molecule has 0 fully saturated rings. The third-order valence-electron chi connectivity index (χ3n) is 4.41. The lowest BCUT2D eigenvalue weighted by atomic mass is 10.1. The molecule has 0 radical (unpaired) electrons. The summed E-state index contributed by atoms with van der Waals surface area (Å²) in [5.74, 6) is 0.157. The number of hydrogen-bond donors (Lipinski definition) is 0. The van der Waals surface area contributed by atoms with Crippen LogP contribution in [-0.2, 0) is 9.22 Å². The molecule has 0 aromatic carbocycles. The number of carbonyl (C=O) groups is 1. The maximum atomic E-state index is 11.3. The van der Waals surface area contributed by atoms with Crippen molar-refractivity contribution >= 4 is 14.1 Å². The maximum Gasteiger partial charge on any atom is 0.192 e. The van der Waals surface area contributed by atoms with Crippen molar-refractivity contribution in [1.82, 2.24) is 0 Å². The smallest absolute Gasteiger partial charge is 0.192 e. The Labute approximate surface area is 127 Å². The van der Waals surface area contributed by atoms with E-state index in [4.69, 9.17) is 4.43 Å². The van der Waals surface area contributed by atoms with E-state index in [2.05, 4.69) is 34.3 Å². The van der Waals surface area contributed by atoms with Crippen molar-refractivity contribution in [3.8, 4) is 0 Å². The van der Waals surface area contributed by atoms with Crippen LogP contribution in [0.4, 0.5) is 0 Å². The average molecular weight is 299 g/mol. The van der Waals surface area contributed by atoms with Crippen LogP contribution in [0.3, 0.4) is 0 Å². The molecule has 0 amide bonds. The number of allylic oxidation sites excluding steroid dienone is 1. The normalized spacial score (nSPS) is 13.2. The second kappa shape index (κ2) is 11.3. The third-order valence-corrected chi connectivity index (χ3v) is 9.11. The SMILES string of the molecule is C=CC(=O)CCCC(CCCC)O[Si](CC)(CC)CC. The Morgan fingerprint density at radius 1 is 1.10 bits per heavy atom. The molecule has 2 nitrogen and oxygen atoms in total. The fourth-order valence-corrected chi connectivity index (χ4v) is 5.60. The van der Waals surface area contributed by atoms with Gasteiger partial charge in [0.25, 0.3) is 0 Å². The first-order chi connectivity index (χ1) is 9.57. The van der Waals surface area contributed by atoms with Crippen molar-refractivity contribution < 1.29 is 9.22 Å². The molecule has 0 saturated carbocycles. The quantitative estimate of drug-likeness (QED) is 0.332. The van der Waals surface area contributed by atoms with E-state index in [-0.39, 0.29) is 5.78 Å². The molecule has 0 aromatic heterocycles. The molecule has 20 heavy (non-hydrogen) atoms. The van der Waals surface area contributed by atoms with Gasteiger partial charge in [0.2, 0.25) is 0 Å². The zero-order valence-electron chi connectivity index (χ0n) is 14.0. The van der Waals surface area contributed by atoms with Crippen LogP contribution in [0.1, 0.15) is 66.2 Å². The third kappa shape index (κ3) is 7.39. The van der Waals surface area contributed by atoms with E-state index in [0.717, 1.165) is 19.3 Å². The van der Waals surface area contributed by atoms with Crippen LogP contribution in [0.15, 0.2) is 12.7 Å². The van der Waals surface area contributed by atoms with Gasteiger partial charge in [-0.15, -0.1) is 0 Å². The molecule has 3 heteroatoms. The van der Waals surface area contributed by atoms with Gasteiger partial charge in [0.1, 0.15) is 0 Å². The molecule has 0 N–H and O–H groups in total. The van der Waals surface area contributed by atoms with Gasteiger partial charge in [0, 0.05) is 12.5 Å². The molecule has 0 aliphatic rings. The first-order valence-electron chi connectivity index (χ1n) is 8.40. The first-order valence-corrected chi connectivity index (χ1v) is 10.9. The summed E-state index contributed by atoms with van der Waals surface area (Å²) >= 11 is 0. The minimum Gasteiger partial charge on any atom is -0.414 e. The summed E-state index contributed by atoms with van der Waals surface area (Å²) in [4.78, 5) is 11.3. The summed E-state index contributed by atoms with van der Waals surface area (Å²) in [7, 11) is -1.52. The molecule has 0 aliphatic heterocycles. The monoisotopic (exact) mass is 298 g/mol. The summed E-state index contributed by atoms with van der Waals surface area (Å²) in [5, 5.41) is 0. The number of unbranched alkanes of at least 4 members (excludes halogenated alkanes) is 1. The number of ketones is 1. The highest BCUT2D eigenvalue weighted by molar-refractivity contribution is 6.73. The van der Waals surface area contributed by atoms with Crippen molar-refractivity contribution in [2.24, 2.45) is 0 Å². The summed E-state index contributed by atoms with van der Waals surface area (Å²) in [6.07, 6.45) is 7.95. The maximum absolute atomic E-state index is 11.3. The summed E-state index contributed by atoms with van der Waals surface area (Å²) in [6.45, 7) is 12.6. The lowest BCUT2D eigenvalue weighted by Crippen LogP contribution is -2.40. The molecule has 0 rings (SSSR count). The van der Waals surface area contributed by atoms with Gasteiger partial charge in [-0.2, -0.15) is 0 Å². The highest BCUT2D eigenvalue weighted by atomic mass is 28.4. The molecular weight excluding hydrogens is 264 g/mol. The Morgan fingerprint density at radius 3 is 2.10 bits per heavy atom. The van der Waals surface area contributed by atoms with Crippen molar-refractivity contribution in [2.45, 2.75) is 90.5 Å². The zero-order valence-corrected chi connectivity index (χ0v) is 15.0. The molecule has 118 valence electrons.